The molecule has 0 unspecified atom stereocenters. The molecule has 1 atom stereocenters. The number of aromatic nitrogens is 2. The van der Waals surface area contributed by atoms with Gasteiger partial charge < -0.3 is 10.3 Å². The lowest BCUT2D eigenvalue weighted by atomic mass is 9.86. The van der Waals surface area contributed by atoms with Crippen LogP contribution in [0.4, 0.5) is 4.39 Å². The van der Waals surface area contributed by atoms with Crippen molar-refractivity contribution in [3.63, 3.8) is 0 Å². The van der Waals surface area contributed by atoms with E-state index in [-0.39, 0.29) is 23.8 Å². The molecule has 1 aromatic carbocycles. The van der Waals surface area contributed by atoms with E-state index < -0.39 is 0 Å². The highest BCUT2D eigenvalue weighted by atomic mass is 19.1. The summed E-state index contributed by atoms with van der Waals surface area (Å²) in [6, 6.07) is 7.06. The number of imidazole rings is 1. The molecule has 0 aliphatic heterocycles. The zero-order valence-electron chi connectivity index (χ0n) is 12.1. The van der Waals surface area contributed by atoms with Crippen LogP contribution in [0.5, 0.6) is 0 Å². The molecule has 1 aliphatic carbocycles. The lowest BCUT2D eigenvalue weighted by Crippen LogP contribution is -2.22. The summed E-state index contributed by atoms with van der Waals surface area (Å²) in [7, 11) is 0. The molecule has 1 aromatic heterocycles. The van der Waals surface area contributed by atoms with Gasteiger partial charge in [0.1, 0.15) is 11.6 Å². The number of rotatable bonds is 2. The fourth-order valence-corrected chi connectivity index (χ4v) is 3.25. The van der Waals surface area contributed by atoms with Gasteiger partial charge in [0.05, 0.1) is 23.1 Å². The molecule has 1 saturated carbocycles. The summed E-state index contributed by atoms with van der Waals surface area (Å²) in [4.78, 5) is 4.57. The Bertz CT molecular complexity index is 690. The van der Waals surface area contributed by atoms with Crippen LogP contribution in [0.1, 0.15) is 50.5 Å². The number of hydrogen-bond acceptors (Lipinski definition) is 3. The van der Waals surface area contributed by atoms with Crippen molar-refractivity contribution in [3.8, 4) is 6.07 Å². The molecule has 0 spiro atoms. The van der Waals surface area contributed by atoms with Gasteiger partial charge in [-0.25, -0.2) is 9.37 Å². The van der Waals surface area contributed by atoms with Crippen LogP contribution in [-0.2, 0) is 0 Å². The minimum atomic E-state index is -0.259. The quantitative estimate of drug-likeness (QED) is 0.919. The van der Waals surface area contributed by atoms with Gasteiger partial charge in [-0.15, -0.1) is 0 Å². The summed E-state index contributed by atoms with van der Waals surface area (Å²) in [5, 5.41) is 9.02. The number of hydrogen-bond donors (Lipinski definition) is 1. The van der Waals surface area contributed by atoms with Crippen molar-refractivity contribution in [2.24, 2.45) is 11.7 Å². The molecule has 1 aliphatic rings. The van der Waals surface area contributed by atoms with E-state index in [2.05, 4.69) is 15.6 Å². The molecule has 4 nitrogen and oxygen atoms in total. The molecule has 0 amide bonds. The molecular formula is C16H19FN4. The van der Waals surface area contributed by atoms with Crippen molar-refractivity contribution in [2.45, 2.75) is 44.7 Å². The minimum absolute atomic E-state index is 0.145. The van der Waals surface area contributed by atoms with Gasteiger partial charge in [0.2, 0.25) is 0 Å². The third kappa shape index (κ3) is 2.52. The first-order chi connectivity index (χ1) is 10.1. The van der Waals surface area contributed by atoms with Gasteiger partial charge in [0.15, 0.2) is 0 Å². The minimum Gasteiger partial charge on any atom is -0.323 e. The van der Waals surface area contributed by atoms with Crippen LogP contribution in [0.2, 0.25) is 0 Å². The van der Waals surface area contributed by atoms with E-state index in [4.69, 9.17) is 11.0 Å². The first-order valence-corrected chi connectivity index (χ1v) is 7.42. The van der Waals surface area contributed by atoms with Gasteiger partial charge in [-0.2, -0.15) is 5.26 Å². The number of benzene rings is 1. The molecule has 0 saturated heterocycles. The van der Waals surface area contributed by atoms with Crippen molar-refractivity contribution in [1.82, 2.24) is 9.55 Å². The average Bonchev–Trinajstić information content (AvgIpc) is 2.86. The second kappa shape index (κ2) is 5.45. The lowest BCUT2D eigenvalue weighted by Gasteiger charge is -2.28. The van der Waals surface area contributed by atoms with Crippen molar-refractivity contribution in [3.05, 3.63) is 29.8 Å². The summed E-state index contributed by atoms with van der Waals surface area (Å²) in [5.41, 5.74) is 7.64. The molecule has 2 aromatic rings. The van der Waals surface area contributed by atoms with Gasteiger partial charge in [0, 0.05) is 12.0 Å². The maximum atomic E-state index is 13.6. The number of halogens is 1. The molecule has 0 radical (unpaired) electrons. The Morgan fingerprint density at radius 1 is 1.38 bits per heavy atom. The SMILES string of the molecule is C[C@H](N)c1nc2ccc(F)cc2n1C1CCC(C#N)CC1. The third-order valence-electron chi connectivity index (χ3n) is 4.33. The predicted molar refractivity (Wildman–Crippen MR) is 78.9 cm³/mol. The normalized spacial score (nSPS) is 23.9. The summed E-state index contributed by atoms with van der Waals surface area (Å²) in [6.45, 7) is 1.90. The highest BCUT2D eigenvalue weighted by Crippen LogP contribution is 2.36. The Morgan fingerprint density at radius 3 is 2.71 bits per heavy atom. The van der Waals surface area contributed by atoms with Crippen LogP contribution in [0, 0.1) is 23.1 Å². The number of nitrogens with two attached hydrogens (primary N) is 1. The Kier molecular flexibility index (Phi) is 3.64. The molecule has 0 bridgehead atoms. The maximum absolute atomic E-state index is 13.6. The van der Waals surface area contributed by atoms with Crippen LogP contribution >= 0.6 is 0 Å². The van der Waals surface area contributed by atoms with Crippen LogP contribution in [0.25, 0.3) is 11.0 Å². The summed E-state index contributed by atoms with van der Waals surface area (Å²) >= 11 is 0. The van der Waals surface area contributed by atoms with E-state index in [0.29, 0.717) is 0 Å². The molecule has 1 heterocycles. The first-order valence-electron chi connectivity index (χ1n) is 7.42. The molecule has 5 heteroatoms. The van der Waals surface area contributed by atoms with E-state index in [1.165, 1.54) is 12.1 Å². The fraction of sp³-hybridized carbons (Fsp3) is 0.500. The molecule has 110 valence electrons. The van der Waals surface area contributed by atoms with Gasteiger partial charge in [-0.3, -0.25) is 0 Å². The first kappa shape index (κ1) is 14.0. The van der Waals surface area contributed by atoms with Gasteiger partial charge in [0.25, 0.3) is 0 Å². The van der Waals surface area contributed by atoms with Crippen LogP contribution in [-0.4, -0.2) is 9.55 Å². The Balaban J connectivity index is 2.05. The van der Waals surface area contributed by atoms with Crippen LogP contribution in [0.3, 0.4) is 0 Å². The summed E-state index contributed by atoms with van der Waals surface area (Å²) in [6.07, 6.45) is 3.60. The highest BCUT2D eigenvalue weighted by molar-refractivity contribution is 5.76. The Morgan fingerprint density at radius 2 is 2.10 bits per heavy atom. The molecular weight excluding hydrogens is 267 g/mol. The van der Waals surface area contributed by atoms with Crippen molar-refractivity contribution >= 4 is 11.0 Å². The monoisotopic (exact) mass is 286 g/mol. The van der Waals surface area contributed by atoms with Gasteiger partial charge >= 0.3 is 0 Å². The lowest BCUT2D eigenvalue weighted by molar-refractivity contribution is 0.310. The molecule has 3 rings (SSSR count). The van der Waals surface area contributed by atoms with Crippen molar-refractivity contribution < 1.29 is 4.39 Å². The summed E-state index contributed by atoms with van der Waals surface area (Å²) in [5.74, 6) is 0.688. The number of fused-ring (bicyclic) bond motifs is 1. The fourth-order valence-electron chi connectivity index (χ4n) is 3.25. The van der Waals surface area contributed by atoms with Gasteiger partial charge in [-0.05, 0) is 50.8 Å². The highest BCUT2D eigenvalue weighted by Gasteiger charge is 2.26. The van der Waals surface area contributed by atoms with Crippen molar-refractivity contribution in [2.75, 3.05) is 0 Å². The Hall–Kier alpha value is -1.93. The van der Waals surface area contributed by atoms with Crippen molar-refractivity contribution in [1.29, 1.82) is 5.26 Å². The smallest absolute Gasteiger partial charge is 0.126 e. The molecule has 21 heavy (non-hydrogen) atoms. The largest absolute Gasteiger partial charge is 0.323 e. The number of nitriles is 1. The van der Waals surface area contributed by atoms with E-state index >= 15 is 0 Å². The standard InChI is InChI=1S/C16H19FN4/c1-10(19)16-20-14-7-4-12(17)8-15(14)21(16)13-5-2-11(9-18)3-6-13/h4,7-8,10-11,13H,2-3,5-6,19H2,1H3/t10-,11?,13?/m0/s1. The summed E-state index contributed by atoms with van der Waals surface area (Å²) < 4.78 is 15.7. The topological polar surface area (TPSA) is 67.6 Å². The second-order valence-electron chi connectivity index (χ2n) is 5.90. The Labute approximate surface area is 123 Å². The zero-order valence-corrected chi connectivity index (χ0v) is 12.1. The third-order valence-corrected chi connectivity index (χ3v) is 4.33. The zero-order chi connectivity index (χ0) is 15.0. The van der Waals surface area contributed by atoms with E-state index in [9.17, 15) is 4.39 Å². The van der Waals surface area contributed by atoms with Crippen LogP contribution in [0.15, 0.2) is 18.2 Å². The van der Waals surface area contributed by atoms with E-state index in [1.54, 1.807) is 6.07 Å². The average molecular weight is 286 g/mol. The maximum Gasteiger partial charge on any atom is 0.126 e. The predicted octanol–water partition coefficient (Wildman–Crippen LogP) is 3.45. The second-order valence-corrected chi connectivity index (χ2v) is 5.90. The number of nitrogens with zero attached hydrogens (tertiary/aromatic N) is 3. The molecule has 1 fully saturated rings. The molecule has 2 N–H and O–H groups in total. The van der Waals surface area contributed by atoms with E-state index in [1.807, 2.05) is 6.92 Å². The van der Waals surface area contributed by atoms with Gasteiger partial charge in [-0.1, -0.05) is 0 Å². The van der Waals surface area contributed by atoms with E-state index in [0.717, 1.165) is 42.5 Å². The van der Waals surface area contributed by atoms with Crippen LogP contribution < -0.4 is 5.73 Å².